The highest BCUT2D eigenvalue weighted by atomic mass is 19.1. The Labute approximate surface area is 75.0 Å². The standard InChI is InChI=1S/C9H11F2NO/c1-5(13)7-2-6(4-12)8(10)3-9(7)11/h2-3,5,13H,4,12H2,1H3. The van der Waals surface area contributed by atoms with Gasteiger partial charge in [0.05, 0.1) is 6.10 Å². The molecule has 1 rings (SSSR count). The van der Waals surface area contributed by atoms with Crippen LogP contribution < -0.4 is 5.73 Å². The van der Waals surface area contributed by atoms with Crippen LogP contribution in [0.3, 0.4) is 0 Å². The van der Waals surface area contributed by atoms with Gasteiger partial charge in [0.15, 0.2) is 0 Å². The highest BCUT2D eigenvalue weighted by molar-refractivity contribution is 5.27. The molecule has 0 amide bonds. The first kappa shape index (κ1) is 10.1. The van der Waals surface area contributed by atoms with E-state index < -0.39 is 17.7 Å². The van der Waals surface area contributed by atoms with Crippen molar-refractivity contribution >= 4 is 0 Å². The minimum absolute atomic E-state index is 0.00810. The molecule has 0 spiro atoms. The largest absolute Gasteiger partial charge is 0.389 e. The third-order valence-corrected chi connectivity index (χ3v) is 1.84. The fourth-order valence-corrected chi connectivity index (χ4v) is 1.09. The van der Waals surface area contributed by atoms with Crippen molar-refractivity contribution in [3.8, 4) is 0 Å². The van der Waals surface area contributed by atoms with Gasteiger partial charge < -0.3 is 10.8 Å². The van der Waals surface area contributed by atoms with Gasteiger partial charge in [0.25, 0.3) is 0 Å². The summed E-state index contributed by atoms with van der Waals surface area (Å²) in [6, 6.07) is 1.99. The Balaban J connectivity index is 3.22. The van der Waals surface area contributed by atoms with Gasteiger partial charge in [-0.1, -0.05) is 0 Å². The van der Waals surface area contributed by atoms with Crippen LogP contribution in [0.1, 0.15) is 24.2 Å². The Hall–Kier alpha value is -1.00. The minimum atomic E-state index is -0.953. The molecule has 0 saturated carbocycles. The van der Waals surface area contributed by atoms with Gasteiger partial charge in [-0.25, -0.2) is 8.78 Å². The van der Waals surface area contributed by atoms with E-state index in [9.17, 15) is 8.78 Å². The third-order valence-electron chi connectivity index (χ3n) is 1.84. The van der Waals surface area contributed by atoms with E-state index in [0.717, 1.165) is 6.07 Å². The van der Waals surface area contributed by atoms with Gasteiger partial charge in [-0.15, -0.1) is 0 Å². The topological polar surface area (TPSA) is 46.2 Å². The summed E-state index contributed by atoms with van der Waals surface area (Å²) in [6.45, 7) is 1.41. The molecule has 13 heavy (non-hydrogen) atoms. The Morgan fingerprint density at radius 1 is 1.38 bits per heavy atom. The molecular formula is C9H11F2NO. The van der Waals surface area contributed by atoms with Crippen LogP contribution in [-0.2, 0) is 6.54 Å². The molecule has 2 nitrogen and oxygen atoms in total. The van der Waals surface area contributed by atoms with Crippen LogP contribution in [0.2, 0.25) is 0 Å². The molecule has 0 aromatic heterocycles. The lowest BCUT2D eigenvalue weighted by atomic mass is 10.1. The van der Waals surface area contributed by atoms with Crippen LogP contribution in [0.15, 0.2) is 12.1 Å². The molecule has 72 valence electrons. The van der Waals surface area contributed by atoms with Gasteiger partial charge >= 0.3 is 0 Å². The van der Waals surface area contributed by atoms with E-state index in [1.807, 2.05) is 0 Å². The van der Waals surface area contributed by atoms with Crippen LogP contribution in [0.25, 0.3) is 0 Å². The summed E-state index contributed by atoms with van der Waals surface area (Å²) < 4.78 is 25.9. The number of hydrogen-bond donors (Lipinski definition) is 2. The molecule has 0 aliphatic rings. The molecule has 0 aliphatic heterocycles. The smallest absolute Gasteiger partial charge is 0.131 e. The van der Waals surface area contributed by atoms with E-state index in [0.29, 0.717) is 0 Å². The van der Waals surface area contributed by atoms with E-state index >= 15 is 0 Å². The second-order valence-electron chi connectivity index (χ2n) is 2.85. The molecule has 3 N–H and O–H groups in total. The zero-order valence-corrected chi connectivity index (χ0v) is 7.22. The lowest BCUT2D eigenvalue weighted by molar-refractivity contribution is 0.194. The Kier molecular flexibility index (Phi) is 2.95. The molecular weight excluding hydrogens is 176 g/mol. The van der Waals surface area contributed by atoms with Crippen molar-refractivity contribution in [2.24, 2.45) is 5.73 Å². The summed E-state index contributed by atoms with van der Waals surface area (Å²) in [7, 11) is 0. The number of aliphatic hydroxyl groups excluding tert-OH is 1. The van der Waals surface area contributed by atoms with Crippen LogP contribution >= 0.6 is 0 Å². The lowest BCUT2D eigenvalue weighted by Gasteiger charge is -2.08. The molecule has 1 aromatic rings. The Bertz CT molecular complexity index is 313. The van der Waals surface area contributed by atoms with Crippen molar-refractivity contribution in [2.75, 3.05) is 0 Å². The van der Waals surface area contributed by atoms with Crippen molar-refractivity contribution in [1.29, 1.82) is 0 Å². The highest BCUT2D eigenvalue weighted by Gasteiger charge is 2.12. The average Bonchev–Trinajstić information content (AvgIpc) is 2.03. The van der Waals surface area contributed by atoms with E-state index in [1.54, 1.807) is 0 Å². The summed E-state index contributed by atoms with van der Waals surface area (Å²) in [5, 5.41) is 9.11. The quantitative estimate of drug-likeness (QED) is 0.736. The molecule has 4 heteroatoms. The fraction of sp³-hybridized carbons (Fsp3) is 0.333. The predicted octanol–water partition coefficient (Wildman–Crippen LogP) is 1.48. The van der Waals surface area contributed by atoms with Crippen LogP contribution in [0.4, 0.5) is 8.78 Å². The zero-order chi connectivity index (χ0) is 10.0. The molecule has 0 heterocycles. The summed E-state index contributed by atoms with van der Waals surface area (Å²) in [4.78, 5) is 0. The maximum atomic E-state index is 13.0. The predicted molar refractivity (Wildman–Crippen MR) is 44.9 cm³/mol. The SMILES string of the molecule is CC(O)c1cc(CN)c(F)cc1F. The van der Waals surface area contributed by atoms with Gasteiger partial charge in [-0.05, 0) is 13.0 Å². The van der Waals surface area contributed by atoms with Crippen LogP contribution in [-0.4, -0.2) is 5.11 Å². The molecule has 0 bridgehead atoms. The zero-order valence-electron chi connectivity index (χ0n) is 7.22. The summed E-state index contributed by atoms with van der Waals surface area (Å²) in [6.07, 6.45) is -0.953. The van der Waals surface area contributed by atoms with E-state index in [-0.39, 0.29) is 17.7 Å². The fourth-order valence-electron chi connectivity index (χ4n) is 1.09. The molecule has 1 unspecified atom stereocenters. The molecule has 0 aliphatic carbocycles. The maximum absolute atomic E-state index is 13.0. The number of aliphatic hydroxyl groups is 1. The molecule has 1 aromatic carbocycles. The first-order valence-corrected chi connectivity index (χ1v) is 3.92. The molecule has 1 atom stereocenters. The van der Waals surface area contributed by atoms with Crippen molar-refractivity contribution in [3.05, 3.63) is 34.9 Å². The van der Waals surface area contributed by atoms with Gasteiger partial charge in [0, 0.05) is 23.7 Å². The number of benzene rings is 1. The summed E-state index contributed by atoms with van der Waals surface area (Å²) >= 11 is 0. The van der Waals surface area contributed by atoms with Gasteiger partial charge in [-0.2, -0.15) is 0 Å². The summed E-state index contributed by atoms with van der Waals surface area (Å²) in [5.41, 5.74) is 5.50. The second-order valence-corrected chi connectivity index (χ2v) is 2.85. The minimum Gasteiger partial charge on any atom is -0.389 e. The number of hydrogen-bond acceptors (Lipinski definition) is 2. The highest BCUT2D eigenvalue weighted by Crippen LogP contribution is 2.20. The average molecular weight is 187 g/mol. The van der Waals surface area contributed by atoms with Crippen LogP contribution in [0, 0.1) is 11.6 Å². The molecule has 0 fully saturated rings. The van der Waals surface area contributed by atoms with Crippen molar-refractivity contribution in [2.45, 2.75) is 19.6 Å². The van der Waals surface area contributed by atoms with E-state index in [2.05, 4.69) is 0 Å². The van der Waals surface area contributed by atoms with Crippen molar-refractivity contribution in [3.63, 3.8) is 0 Å². The van der Waals surface area contributed by atoms with E-state index in [4.69, 9.17) is 10.8 Å². The lowest BCUT2D eigenvalue weighted by Crippen LogP contribution is -2.04. The van der Waals surface area contributed by atoms with Crippen molar-refractivity contribution in [1.82, 2.24) is 0 Å². The second kappa shape index (κ2) is 3.81. The van der Waals surface area contributed by atoms with Gasteiger partial charge in [-0.3, -0.25) is 0 Å². The molecule has 0 saturated heterocycles. The molecule has 0 radical (unpaired) electrons. The van der Waals surface area contributed by atoms with Crippen molar-refractivity contribution < 1.29 is 13.9 Å². The normalized spacial score (nSPS) is 13.0. The number of halogens is 2. The Morgan fingerprint density at radius 2 is 2.00 bits per heavy atom. The summed E-state index contributed by atoms with van der Waals surface area (Å²) in [5.74, 6) is -1.42. The number of rotatable bonds is 2. The van der Waals surface area contributed by atoms with Gasteiger partial charge in [0.2, 0.25) is 0 Å². The monoisotopic (exact) mass is 187 g/mol. The van der Waals surface area contributed by atoms with Gasteiger partial charge in [0.1, 0.15) is 11.6 Å². The Morgan fingerprint density at radius 3 is 2.46 bits per heavy atom. The van der Waals surface area contributed by atoms with E-state index in [1.165, 1.54) is 13.0 Å². The maximum Gasteiger partial charge on any atom is 0.131 e. The van der Waals surface area contributed by atoms with Crippen LogP contribution in [0.5, 0.6) is 0 Å². The first-order valence-electron chi connectivity index (χ1n) is 3.92. The number of nitrogens with two attached hydrogens (primary N) is 1. The third kappa shape index (κ3) is 2.02. The first-order chi connectivity index (χ1) is 6.06.